The number of nitrogens with one attached hydrogen (secondary N) is 1. The van der Waals surface area contributed by atoms with Gasteiger partial charge in [-0.25, -0.2) is 4.39 Å². The van der Waals surface area contributed by atoms with Gasteiger partial charge in [-0.1, -0.05) is 26.8 Å². The van der Waals surface area contributed by atoms with Crippen molar-refractivity contribution in [1.82, 2.24) is 0 Å². The summed E-state index contributed by atoms with van der Waals surface area (Å²) in [5.74, 6) is -0.255. The third kappa shape index (κ3) is 4.58. The Hall–Kier alpha value is -0.913. The van der Waals surface area contributed by atoms with Crippen LogP contribution in [0.5, 0.6) is 0 Å². The van der Waals surface area contributed by atoms with Gasteiger partial charge in [-0.05, 0) is 35.8 Å². The van der Waals surface area contributed by atoms with E-state index in [-0.39, 0.29) is 10.9 Å². The van der Waals surface area contributed by atoms with Crippen molar-refractivity contribution in [2.75, 3.05) is 18.5 Å². The van der Waals surface area contributed by atoms with Gasteiger partial charge in [-0.15, -0.1) is 0 Å². The molecule has 114 valence electrons. The van der Waals surface area contributed by atoms with Crippen LogP contribution >= 0.6 is 0 Å². The molecule has 0 saturated heterocycles. The standard InChI is InChI=1S/C15H27FN2OSi/c1-15(2,3)20(4,5)19-9-8-18-14-10-12(11-17)6-7-13(14)16/h6-7,10,18H,8-9,11,17H2,1-5H3. The average molecular weight is 298 g/mol. The molecule has 0 fully saturated rings. The molecule has 3 N–H and O–H groups in total. The minimum absolute atomic E-state index is 0.192. The first-order valence-electron chi connectivity index (χ1n) is 7.04. The van der Waals surface area contributed by atoms with Crippen LogP contribution in [-0.2, 0) is 11.0 Å². The van der Waals surface area contributed by atoms with Crippen LogP contribution in [0.1, 0.15) is 26.3 Å². The Bertz CT molecular complexity index is 444. The molecule has 0 spiro atoms. The molecule has 1 rings (SSSR count). The molecule has 0 unspecified atom stereocenters. The molecule has 20 heavy (non-hydrogen) atoms. The second kappa shape index (κ2) is 6.69. The molecule has 1 aromatic carbocycles. The predicted molar refractivity (Wildman–Crippen MR) is 85.9 cm³/mol. The van der Waals surface area contributed by atoms with E-state index in [1.165, 1.54) is 6.07 Å². The van der Waals surface area contributed by atoms with Gasteiger partial charge in [0.25, 0.3) is 0 Å². The number of hydrogen-bond acceptors (Lipinski definition) is 3. The van der Waals surface area contributed by atoms with E-state index in [2.05, 4.69) is 39.2 Å². The van der Waals surface area contributed by atoms with Crippen LogP contribution in [0.4, 0.5) is 10.1 Å². The first kappa shape index (κ1) is 17.1. The number of benzene rings is 1. The fourth-order valence-corrected chi connectivity index (χ4v) is 2.59. The molecule has 0 heterocycles. The van der Waals surface area contributed by atoms with Crippen LogP contribution in [0, 0.1) is 5.82 Å². The molecule has 0 saturated carbocycles. The highest BCUT2D eigenvalue weighted by atomic mass is 28.4. The van der Waals surface area contributed by atoms with Gasteiger partial charge in [-0.3, -0.25) is 0 Å². The molecule has 0 aliphatic rings. The van der Waals surface area contributed by atoms with E-state index in [4.69, 9.17) is 10.2 Å². The lowest BCUT2D eigenvalue weighted by molar-refractivity contribution is 0.301. The lowest BCUT2D eigenvalue weighted by Crippen LogP contribution is -2.41. The van der Waals surface area contributed by atoms with Crippen molar-refractivity contribution in [1.29, 1.82) is 0 Å². The number of anilines is 1. The number of hydrogen-bond donors (Lipinski definition) is 2. The number of nitrogens with two attached hydrogens (primary N) is 1. The van der Waals surface area contributed by atoms with E-state index in [1.54, 1.807) is 12.1 Å². The van der Waals surface area contributed by atoms with Crippen molar-refractivity contribution in [3.8, 4) is 0 Å². The van der Waals surface area contributed by atoms with E-state index < -0.39 is 8.32 Å². The Kier molecular flexibility index (Phi) is 5.74. The minimum Gasteiger partial charge on any atom is -0.415 e. The summed E-state index contributed by atoms with van der Waals surface area (Å²) < 4.78 is 19.7. The predicted octanol–water partition coefficient (Wildman–Crippen LogP) is 3.72. The molecule has 0 atom stereocenters. The van der Waals surface area contributed by atoms with Crippen molar-refractivity contribution in [2.45, 2.75) is 45.4 Å². The van der Waals surface area contributed by atoms with E-state index in [0.717, 1.165) is 5.56 Å². The topological polar surface area (TPSA) is 47.3 Å². The highest BCUT2D eigenvalue weighted by Gasteiger charge is 2.36. The number of halogens is 1. The Morgan fingerprint density at radius 1 is 1.30 bits per heavy atom. The SMILES string of the molecule is CC(C)(C)[Si](C)(C)OCCNc1cc(CN)ccc1F. The quantitative estimate of drug-likeness (QED) is 0.621. The van der Waals surface area contributed by atoms with Gasteiger partial charge in [0, 0.05) is 13.1 Å². The Morgan fingerprint density at radius 2 is 1.95 bits per heavy atom. The highest BCUT2D eigenvalue weighted by Crippen LogP contribution is 2.36. The smallest absolute Gasteiger partial charge is 0.192 e. The zero-order chi connectivity index (χ0) is 15.4. The molecule has 1 aromatic rings. The van der Waals surface area contributed by atoms with Gasteiger partial charge in [0.15, 0.2) is 8.32 Å². The van der Waals surface area contributed by atoms with Crippen molar-refractivity contribution < 1.29 is 8.82 Å². The highest BCUT2D eigenvalue weighted by molar-refractivity contribution is 6.74. The summed E-state index contributed by atoms with van der Waals surface area (Å²) in [6.07, 6.45) is 0. The summed E-state index contributed by atoms with van der Waals surface area (Å²) in [7, 11) is -1.73. The van der Waals surface area contributed by atoms with Gasteiger partial charge in [0.1, 0.15) is 5.82 Å². The van der Waals surface area contributed by atoms with Crippen molar-refractivity contribution in [3.05, 3.63) is 29.6 Å². The Labute approximate surface area is 122 Å². The summed E-state index contributed by atoms with van der Waals surface area (Å²) in [5, 5.41) is 3.27. The zero-order valence-electron chi connectivity index (χ0n) is 13.2. The van der Waals surface area contributed by atoms with E-state index in [9.17, 15) is 4.39 Å². The monoisotopic (exact) mass is 298 g/mol. The molecule has 0 bridgehead atoms. The molecule has 0 aromatic heterocycles. The average Bonchev–Trinajstić information content (AvgIpc) is 2.35. The molecule has 0 radical (unpaired) electrons. The summed E-state index contributed by atoms with van der Waals surface area (Å²) >= 11 is 0. The van der Waals surface area contributed by atoms with E-state index >= 15 is 0 Å². The summed E-state index contributed by atoms with van der Waals surface area (Å²) in [6.45, 7) is 12.6. The third-order valence-electron chi connectivity index (χ3n) is 3.95. The van der Waals surface area contributed by atoms with Crippen LogP contribution in [0.2, 0.25) is 18.1 Å². The maximum atomic E-state index is 13.6. The molecule has 0 aliphatic carbocycles. The van der Waals surface area contributed by atoms with E-state index in [1.807, 2.05) is 0 Å². The maximum absolute atomic E-state index is 13.6. The minimum atomic E-state index is -1.73. The van der Waals surface area contributed by atoms with Crippen LogP contribution < -0.4 is 11.1 Å². The Balaban J connectivity index is 2.49. The largest absolute Gasteiger partial charge is 0.415 e. The van der Waals surface area contributed by atoms with Crippen LogP contribution in [-0.4, -0.2) is 21.5 Å². The van der Waals surface area contributed by atoms with Gasteiger partial charge < -0.3 is 15.5 Å². The normalized spacial score (nSPS) is 12.6. The van der Waals surface area contributed by atoms with Crippen molar-refractivity contribution in [3.63, 3.8) is 0 Å². The van der Waals surface area contributed by atoms with Crippen LogP contribution in [0.15, 0.2) is 18.2 Å². The first-order chi connectivity index (χ1) is 9.17. The fourth-order valence-electron chi connectivity index (χ4n) is 1.54. The lowest BCUT2D eigenvalue weighted by Gasteiger charge is -2.36. The Morgan fingerprint density at radius 3 is 2.50 bits per heavy atom. The van der Waals surface area contributed by atoms with Crippen molar-refractivity contribution >= 4 is 14.0 Å². The number of rotatable bonds is 6. The van der Waals surface area contributed by atoms with Crippen LogP contribution in [0.3, 0.4) is 0 Å². The third-order valence-corrected chi connectivity index (χ3v) is 8.49. The molecular weight excluding hydrogens is 271 g/mol. The molecule has 5 heteroatoms. The molecular formula is C15H27FN2OSi. The molecule has 0 amide bonds. The maximum Gasteiger partial charge on any atom is 0.192 e. The van der Waals surface area contributed by atoms with Crippen molar-refractivity contribution in [2.24, 2.45) is 5.73 Å². The summed E-state index contributed by atoms with van der Waals surface area (Å²) in [4.78, 5) is 0. The zero-order valence-corrected chi connectivity index (χ0v) is 14.2. The van der Waals surface area contributed by atoms with Gasteiger partial charge in [0.05, 0.1) is 12.3 Å². The first-order valence-corrected chi connectivity index (χ1v) is 9.94. The lowest BCUT2D eigenvalue weighted by atomic mass is 10.2. The second-order valence-electron chi connectivity index (χ2n) is 6.55. The van der Waals surface area contributed by atoms with Gasteiger partial charge in [-0.2, -0.15) is 0 Å². The molecule has 3 nitrogen and oxygen atoms in total. The second-order valence-corrected chi connectivity index (χ2v) is 11.4. The van der Waals surface area contributed by atoms with Crippen LogP contribution in [0.25, 0.3) is 0 Å². The van der Waals surface area contributed by atoms with Gasteiger partial charge >= 0.3 is 0 Å². The van der Waals surface area contributed by atoms with E-state index in [0.29, 0.717) is 25.4 Å². The summed E-state index contributed by atoms with van der Waals surface area (Å²) in [5.41, 5.74) is 6.97. The van der Waals surface area contributed by atoms with Gasteiger partial charge in [0.2, 0.25) is 0 Å². The molecule has 0 aliphatic heterocycles. The fraction of sp³-hybridized carbons (Fsp3) is 0.600. The summed E-state index contributed by atoms with van der Waals surface area (Å²) in [6, 6.07) is 4.90.